The van der Waals surface area contributed by atoms with Gasteiger partial charge in [-0.1, -0.05) is 66.7 Å². The van der Waals surface area contributed by atoms with Crippen LogP contribution in [0, 0.1) is 16.0 Å². The average Bonchev–Trinajstić information content (AvgIpc) is 3.09. The van der Waals surface area contributed by atoms with Gasteiger partial charge in [0.1, 0.15) is 12.0 Å². The van der Waals surface area contributed by atoms with Crippen LogP contribution in [0.2, 0.25) is 0 Å². The Morgan fingerprint density at radius 3 is 2.12 bits per heavy atom. The van der Waals surface area contributed by atoms with Gasteiger partial charge >= 0.3 is 5.69 Å². The number of benzene rings is 3. The molecule has 0 bridgehead atoms. The number of fused-ring (bicyclic) bond motifs is 1. The molecule has 3 aromatic carbocycles. The van der Waals surface area contributed by atoms with Crippen molar-refractivity contribution in [2.45, 2.75) is 12.0 Å². The minimum absolute atomic E-state index is 0.233. The highest BCUT2D eigenvalue weighted by atomic mass is 16.6. The third-order valence-electron chi connectivity index (χ3n) is 6.01. The summed E-state index contributed by atoms with van der Waals surface area (Å²) in [7, 11) is 0. The van der Waals surface area contributed by atoms with E-state index in [-0.39, 0.29) is 22.8 Å². The molecule has 33 heavy (non-hydrogen) atoms. The van der Waals surface area contributed by atoms with Crippen LogP contribution in [0.1, 0.15) is 43.8 Å². The Morgan fingerprint density at radius 2 is 1.48 bits per heavy atom. The van der Waals surface area contributed by atoms with Crippen molar-refractivity contribution in [3.63, 3.8) is 0 Å². The number of allylic oxidation sites excluding steroid dienone is 1. The molecule has 2 unspecified atom stereocenters. The lowest BCUT2D eigenvalue weighted by Gasteiger charge is -2.26. The summed E-state index contributed by atoms with van der Waals surface area (Å²) in [5.74, 6) is -2.73. The molecule has 0 saturated carbocycles. The van der Waals surface area contributed by atoms with Gasteiger partial charge in [0.25, 0.3) is 0 Å². The van der Waals surface area contributed by atoms with E-state index >= 15 is 0 Å². The Labute approximate surface area is 188 Å². The maximum absolute atomic E-state index is 13.0. The SMILES string of the molecule is O=C1c2ccccc2C(=O)C1C1=CC(c2ccccc2)C(c2cccc([N+](=O)[O-])c2O)N=N1. The summed E-state index contributed by atoms with van der Waals surface area (Å²) < 4.78 is 0. The Kier molecular flexibility index (Phi) is 4.90. The number of azo groups is 1. The summed E-state index contributed by atoms with van der Waals surface area (Å²) in [6.07, 6.45) is 1.71. The minimum atomic E-state index is -1.09. The van der Waals surface area contributed by atoms with Crippen molar-refractivity contribution < 1.29 is 19.6 Å². The monoisotopic (exact) mass is 439 g/mol. The predicted molar refractivity (Wildman–Crippen MR) is 118 cm³/mol. The second-order valence-electron chi connectivity index (χ2n) is 7.87. The zero-order valence-electron chi connectivity index (χ0n) is 17.2. The van der Waals surface area contributed by atoms with Crippen molar-refractivity contribution in [3.8, 4) is 5.75 Å². The molecule has 2 atom stereocenters. The topological polar surface area (TPSA) is 122 Å². The molecule has 0 spiro atoms. The smallest absolute Gasteiger partial charge is 0.311 e. The van der Waals surface area contributed by atoms with Crippen LogP contribution in [0.4, 0.5) is 5.69 Å². The first-order valence-corrected chi connectivity index (χ1v) is 10.3. The second kappa shape index (κ2) is 7.90. The number of carbonyl (C=O) groups is 2. The third kappa shape index (κ3) is 3.32. The fraction of sp³-hybridized carbons (Fsp3) is 0.120. The van der Waals surface area contributed by atoms with Gasteiger partial charge in [-0.15, -0.1) is 0 Å². The first kappa shape index (κ1) is 20.4. The van der Waals surface area contributed by atoms with E-state index in [9.17, 15) is 24.8 Å². The van der Waals surface area contributed by atoms with Crippen LogP contribution < -0.4 is 0 Å². The van der Waals surface area contributed by atoms with E-state index < -0.39 is 34.2 Å². The number of rotatable bonds is 4. The molecular formula is C25H17N3O5. The predicted octanol–water partition coefficient (Wildman–Crippen LogP) is 5.17. The number of hydrogen-bond donors (Lipinski definition) is 1. The molecule has 1 N–H and O–H groups in total. The standard InChI is InChI=1S/C25H17N3O5/c29-23-17(11-6-12-20(23)28(32)33)22-18(14-7-2-1-3-8-14)13-19(26-27-22)21-24(30)15-9-4-5-10-16(15)25(21)31/h1-13,18,21-22,29H. The molecule has 3 aromatic rings. The van der Waals surface area contributed by atoms with E-state index in [4.69, 9.17) is 0 Å². The van der Waals surface area contributed by atoms with Gasteiger partial charge in [-0.3, -0.25) is 19.7 Å². The van der Waals surface area contributed by atoms with E-state index in [1.165, 1.54) is 12.1 Å². The maximum Gasteiger partial charge on any atom is 0.311 e. The zero-order valence-corrected chi connectivity index (χ0v) is 17.2. The normalized spacial score (nSPS) is 19.9. The molecular weight excluding hydrogens is 422 g/mol. The van der Waals surface area contributed by atoms with Gasteiger partial charge in [-0.25, -0.2) is 0 Å². The number of hydrogen-bond acceptors (Lipinski definition) is 7. The number of phenolic OH excluding ortho intramolecular Hbond substituents is 1. The summed E-state index contributed by atoms with van der Waals surface area (Å²) in [6.45, 7) is 0. The minimum Gasteiger partial charge on any atom is -0.502 e. The van der Waals surface area contributed by atoms with E-state index in [1.807, 2.05) is 30.3 Å². The molecule has 0 fully saturated rings. The first-order chi connectivity index (χ1) is 16.0. The van der Waals surface area contributed by atoms with E-state index in [2.05, 4.69) is 10.2 Å². The van der Waals surface area contributed by atoms with Crippen LogP contribution in [0.15, 0.2) is 94.8 Å². The quantitative estimate of drug-likeness (QED) is 0.341. The summed E-state index contributed by atoms with van der Waals surface area (Å²) >= 11 is 0. The number of phenols is 1. The summed E-state index contributed by atoms with van der Waals surface area (Å²) in [5, 5.41) is 30.5. The number of carbonyl (C=O) groups excluding carboxylic acids is 2. The highest BCUT2D eigenvalue weighted by Gasteiger charge is 2.43. The fourth-order valence-electron chi connectivity index (χ4n) is 4.42. The van der Waals surface area contributed by atoms with E-state index in [0.717, 1.165) is 5.56 Å². The van der Waals surface area contributed by atoms with Crippen molar-refractivity contribution in [3.05, 3.63) is 117 Å². The Hall–Kier alpha value is -4.46. The van der Waals surface area contributed by atoms with Gasteiger partial charge < -0.3 is 5.11 Å². The van der Waals surface area contributed by atoms with Crippen molar-refractivity contribution in [2.75, 3.05) is 0 Å². The van der Waals surface area contributed by atoms with E-state index in [0.29, 0.717) is 11.1 Å². The summed E-state index contributed by atoms with van der Waals surface area (Å²) in [6, 6.07) is 19.3. The zero-order chi connectivity index (χ0) is 23.1. The van der Waals surface area contributed by atoms with Gasteiger partial charge in [0.05, 0.1) is 10.6 Å². The lowest BCUT2D eigenvalue weighted by molar-refractivity contribution is -0.386. The van der Waals surface area contributed by atoms with Crippen LogP contribution in [0.25, 0.3) is 0 Å². The Bertz CT molecular complexity index is 1330. The van der Waals surface area contributed by atoms with Crippen LogP contribution in [-0.2, 0) is 0 Å². The van der Waals surface area contributed by atoms with E-state index in [1.54, 1.807) is 36.4 Å². The summed E-state index contributed by atoms with van der Waals surface area (Å²) in [4.78, 5) is 36.7. The number of ketones is 2. The van der Waals surface area contributed by atoms with Crippen LogP contribution in [0.5, 0.6) is 5.75 Å². The molecule has 162 valence electrons. The molecule has 0 aromatic heterocycles. The molecule has 1 heterocycles. The molecule has 5 rings (SSSR count). The van der Waals surface area contributed by atoms with Crippen LogP contribution in [0.3, 0.4) is 0 Å². The second-order valence-corrected chi connectivity index (χ2v) is 7.87. The molecule has 1 aliphatic carbocycles. The van der Waals surface area contributed by atoms with Gasteiger partial charge in [0.15, 0.2) is 17.3 Å². The Balaban J connectivity index is 1.60. The molecule has 0 radical (unpaired) electrons. The number of nitro benzene ring substituents is 1. The van der Waals surface area contributed by atoms with Crippen molar-refractivity contribution in [1.29, 1.82) is 0 Å². The molecule has 8 heteroatoms. The Morgan fingerprint density at radius 1 is 0.848 bits per heavy atom. The lowest BCUT2D eigenvalue weighted by Crippen LogP contribution is -2.21. The number of nitro groups is 1. The van der Waals surface area contributed by atoms with Gasteiger partial charge in [-0.05, 0) is 11.6 Å². The maximum atomic E-state index is 13.0. The first-order valence-electron chi connectivity index (χ1n) is 10.3. The number of para-hydroxylation sites is 1. The lowest BCUT2D eigenvalue weighted by atomic mass is 9.83. The average molecular weight is 439 g/mol. The molecule has 2 aliphatic rings. The van der Waals surface area contributed by atoms with Crippen molar-refractivity contribution in [1.82, 2.24) is 0 Å². The van der Waals surface area contributed by atoms with Crippen molar-refractivity contribution in [2.24, 2.45) is 16.1 Å². The van der Waals surface area contributed by atoms with Crippen LogP contribution >= 0.6 is 0 Å². The van der Waals surface area contributed by atoms with Gasteiger partial charge in [-0.2, -0.15) is 10.2 Å². The van der Waals surface area contributed by atoms with Crippen LogP contribution in [-0.4, -0.2) is 21.6 Å². The third-order valence-corrected chi connectivity index (χ3v) is 6.01. The fourth-order valence-corrected chi connectivity index (χ4v) is 4.42. The number of Topliss-reactive ketones (excluding diaryl/α,β-unsaturated/α-hetero) is 2. The molecule has 8 nitrogen and oxygen atoms in total. The molecule has 1 aliphatic heterocycles. The highest BCUT2D eigenvalue weighted by molar-refractivity contribution is 6.28. The molecule has 0 saturated heterocycles. The van der Waals surface area contributed by atoms with Crippen molar-refractivity contribution >= 4 is 17.3 Å². The van der Waals surface area contributed by atoms with Gasteiger partial charge in [0, 0.05) is 28.7 Å². The number of aromatic hydroxyl groups is 1. The highest BCUT2D eigenvalue weighted by Crippen LogP contribution is 2.46. The summed E-state index contributed by atoms with van der Waals surface area (Å²) in [5.41, 5.74) is 1.57. The van der Waals surface area contributed by atoms with Gasteiger partial charge in [0.2, 0.25) is 0 Å². The largest absolute Gasteiger partial charge is 0.502 e. The molecule has 0 amide bonds. The number of nitrogens with zero attached hydrogens (tertiary/aromatic N) is 3.